The average molecular weight is 316 g/mol. The molecule has 0 fully saturated rings. The second kappa shape index (κ2) is 6.41. The van der Waals surface area contributed by atoms with E-state index >= 15 is 0 Å². The molecule has 0 aliphatic heterocycles. The number of aliphatic hydroxyl groups is 1. The summed E-state index contributed by atoms with van der Waals surface area (Å²) in [7, 11) is -3.62. The van der Waals surface area contributed by atoms with Crippen LogP contribution < -0.4 is 4.72 Å². The number of benzene rings is 1. The van der Waals surface area contributed by atoms with Crippen LogP contribution in [0.1, 0.15) is 18.3 Å². The summed E-state index contributed by atoms with van der Waals surface area (Å²) in [4.78, 5) is 0.0949. The minimum absolute atomic E-state index is 0.0940. The van der Waals surface area contributed by atoms with Crippen LogP contribution in [-0.4, -0.2) is 20.1 Å². The van der Waals surface area contributed by atoms with Crippen LogP contribution in [0.5, 0.6) is 0 Å². The summed E-state index contributed by atoms with van der Waals surface area (Å²) >= 11 is 5.76. The molecule has 0 bridgehead atoms. The lowest BCUT2D eigenvalue weighted by molar-refractivity contribution is 0.142. The highest BCUT2D eigenvalue weighted by atomic mass is 35.5. The number of hydrogen-bond acceptors (Lipinski definition) is 4. The molecule has 5 nitrogen and oxygen atoms in total. The highest BCUT2D eigenvalue weighted by molar-refractivity contribution is 7.89. The molecule has 1 heterocycles. The molecule has 2 rings (SSSR count). The first-order valence-corrected chi connectivity index (χ1v) is 7.82. The quantitative estimate of drug-likeness (QED) is 0.857. The molecule has 108 valence electrons. The summed E-state index contributed by atoms with van der Waals surface area (Å²) in [6.07, 6.45) is 0.828. The largest absolute Gasteiger partial charge is 0.467 e. The lowest BCUT2D eigenvalue weighted by atomic mass is 10.2. The van der Waals surface area contributed by atoms with Crippen molar-refractivity contribution in [2.24, 2.45) is 0 Å². The van der Waals surface area contributed by atoms with Gasteiger partial charge in [0.2, 0.25) is 10.0 Å². The van der Waals surface area contributed by atoms with Crippen LogP contribution in [0.3, 0.4) is 0 Å². The van der Waals surface area contributed by atoms with E-state index in [1.807, 2.05) is 0 Å². The van der Waals surface area contributed by atoms with Gasteiger partial charge in [-0.25, -0.2) is 13.1 Å². The predicted molar refractivity (Wildman–Crippen MR) is 74.9 cm³/mol. The third-order valence-electron chi connectivity index (χ3n) is 2.69. The van der Waals surface area contributed by atoms with Gasteiger partial charge in [-0.2, -0.15) is 0 Å². The highest BCUT2D eigenvalue weighted by Gasteiger charge is 2.16. The van der Waals surface area contributed by atoms with Gasteiger partial charge < -0.3 is 9.52 Å². The summed E-state index contributed by atoms with van der Waals surface area (Å²) in [6, 6.07) is 9.28. The van der Waals surface area contributed by atoms with Gasteiger partial charge in [0.1, 0.15) is 11.9 Å². The van der Waals surface area contributed by atoms with Gasteiger partial charge in [0, 0.05) is 11.6 Å². The number of sulfonamides is 1. The topological polar surface area (TPSA) is 79.5 Å². The molecular formula is C13H14ClNO4S. The monoisotopic (exact) mass is 315 g/mol. The van der Waals surface area contributed by atoms with E-state index in [0.29, 0.717) is 10.8 Å². The van der Waals surface area contributed by atoms with Gasteiger partial charge in [-0.15, -0.1) is 0 Å². The Bertz CT molecular complexity index is 655. The van der Waals surface area contributed by atoms with Crippen molar-refractivity contribution in [2.45, 2.75) is 17.4 Å². The van der Waals surface area contributed by atoms with E-state index < -0.39 is 16.1 Å². The van der Waals surface area contributed by atoms with Crippen molar-refractivity contribution in [1.29, 1.82) is 0 Å². The first-order valence-electron chi connectivity index (χ1n) is 5.96. The Kier molecular flexibility index (Phi) is 4.82. The van der Waals surface area contributed by atoms with Crippen molar-refractivity contribution in [1.82, 2.24) is 4.72 Å². The van der Waals surface area contributed by atoms with Gasteiger partial charge in [0.05, 0.1) is 11.2 Å². The number of furan rings is 1. The zero-order valence-corrected chi connectivity index (χ0v) is 12.1. The van der Waals surface area contributed by atoms with Crippen molar-refractivity contribution >= 4 is 21.6 Å². The molecule has 1 aromatic carbocycles. The summed E-state index contributed by atoms with van der Waals surface area (Å²) in [6.45, 7) is 0.0940. The van der Waals surface area contributed by atoms with Gasteiger partial charge in [0.25, 0.3) is 0 Å². The first kappa shape index (κ1) is 15.1. The van der Waals surface area contributed by atoms with E-state index in [1.165, 1.54) is 18.4 Å². The fourth-order valence-corrected chi connectivity index (χ4v) is 3.02. The molecule has 0 saturated heterocycles. The zero-order chi connectivity index (χ0) is 14.6. The maximum absolute atomic E-state index is 12.0. The van der Waals surface area contributed by atoms with Crippen LogP contribution in [0.25, 0.3) is 0 Å². The number of nitrogens with one attached hydrogen (secondary N) is 1. The second-order valence-electron chi connectivity index (χ2n) is 4.18. The Balaban J connectivity index is 1.93. The van der Waals surface area contributed by atoms with Gasteiger partial charge in [-0.05, 0) is 36.8 Å². The number of hydrogen-bond donors (Lipinski definition) is 2. The Morgan fingerprint density at radius 1 is 1.30 bits per heavy atom. The van der Waals surface area contributed by atoms with Gasteiger partial charge >= 0.3 is 0 Å². The van der Waals surface area contributed by atoms with Crippen LogP contribution in [0.15, 0.2) is 52.0 Å². The van der Waals surface area contributed by atoms with Gasteiger partial charge in [-0.3, -0.25) is 0 Å². The van der Waals surface area contributed by atoms with Crippen molar-refractivity contribution in [3.8, 4) is 0 Å². The normalized spacial score (nSPS) is 13.3. The molecule has 2 N–H and O–H groups in total. The third kappa shape index (κ3) is 3.83. The molecule has 0 radical (unpaired) electrons. The smallest absolute Gasteiger partial charge is 0.240 e. The Morgan fingerprint density at radius 3 is 2.75 bits per heavy atom. The number of rotatable bonds is 6. The SMILES string of the molecule is O=S(=O)(NCCC(O)c1ccco1)c1cccc(Cl)c1. The van der Waals surface area contributed by atoms with E-state index in [2.05, 4.69) is 4.72 Å². The zero-order valence-electron chi connectivity index (χ0n) is 10.5. The molecule has 1 unspecified atom stereocenters. The van der Waals surface area contributed by atoms with E-state index in [9.17, 15) is 13.5 Å². The van der Waals surface area contributed by atoms with E-state index in [1.54, 1.807) is 24.3 Å². The minimum atomic E-state index is -3.62. The van der Waals surface area contributed by atoms with Gasteiger partial charge in [-0.1, -0.05) is 17.7 Å². The average Bonchev–Trinajstić information content (AvgIpc) is 2.92. The van der Waals surface area contributed by atoms with Gasteiger partial charge in [0.15, 0.2) is 0 Å². The van der Waals surface area contributed by atoms with E-state index in [-0.39, 0.29) is 17.9 Å². The highest BCUT2D eigenvalue weighted by Crippen LogP contribution is 2.18. The molecule has 0 saturated carbocycles. The lowest BCUT2D eigenvalue weighted by Gasteiger charge is -2.09. The van der Waals surface area contributed by atoms with Crippen LogP contribution in [-0.2, 0) is 10.0 Å². The van der Waals surface area contributed by atoms with E-state index in [0.717, 1.165) is 0 Å². The van der Waals surface area contributed by atoms with Crippen LogP contribution in [0, 0.1) is 0 Å². The summed E-state index contributed by atoms with van der Waals surface area (Å²) in [5.41, 5.74) is 0. The standard InChI is InChI=1S/C13H14ClNO4S/c14-10-3-1-4-11(9-10)20(17,18)15-7-6-12(16)13-5-2-8-19-13/h1-5,8-9,12,15-16H,6-7H2. The fourth-order valence-electron chi connectivity index (χ4n) is 1.67. The number of halogens is 1. The Hall–Kier alpha value is -1.34. The molecule has 20 heavy (non-hydrogen) atoms. The molecule has 0 spiro atoms. The van der Waals surface area contributed by atoms with Crippen molar-refractivity contribution in [3.05, 3.63) is 53.4 Å². The van der Waals surface area contributed by atoms with Crippen LogP contribution >= 0.6 is 11.6 Å². The summed E-state index contributed by atoms with van der Waals surface area (Å²) in [5.74, 6) is 0.409. The Morgan fingerprint density at radius 2 is 2.10 bits per heavy atom. The van der Waals surface area contributed by atoms with Crippen LogP contribution in [0.4, 0.5) is 0 Å². The molecule has 1 atom stereocenters. The maximum atomic E-state index is 12.0. The maximum Gasteiger partial charge on any atom is 0.240 e. The van der Waals surface area contributed by atoms with E-state index in [4.69, 9.17) is 16.0 Å². The van der Waals surface area contributed by atoms with Crippen molar-refractivity contribution < 1.29 is 17.9 Å². The lowest BCUT2D eigenvalue weighted by Crippen LogP contribution is -2.25. The minimum Gasteiger partial charge on any atom is -0.467 e. The first-order chi connectivity index (χ1) is 9.49. The molecule has 0 aliphatic carbocycles. The number of aliphatic hydroxyl groups excluding tert-OH is 1. The third-order valence-corrected chi connectivity index (χ3v) is 4.38. The molecule has 2 aromatic rings. The summed E-state index contributed by atoms with van der Waals surface area (Å²) in [5, 5.41) is 10.1. The molecular weight excluding hydrogens is 302 g/mol. The molecule has 1 aromatic heterocycles. The predicted octanol–water partition coefficient (Wildman–Crippen LogP) is 2.33. The summed E-state index contributed by atoms with van der Waals surface area (Å²) < 4.78 is 31.4. The molecule has 0 amide bonds. The molecule has 7 heteroatoms. The van der Waals surface area contributed by atoms with Crippen molar-refractivity contribution in [3.63, 3.8) is 0 Å². The van der Waals surface area contributed by atoms with Crippen LogP contribution in [0.2, 0.25) is 5.02 Å². The Labute approximate surface area is 122 Å². The molecule has 0 aliphatic rings. The van der Waals surface area contributed by atoms with Crippen molar-refractivity contribution in [2.75, 3.05) is 6.54 Å². The fraction of sp³-hybridized carbons (Fsp3) is 0.231. The second-order valence-corrected chi connectivity index (χ2v) is 6.38.